The van der Waals surface area contributed by atoms with E-state index in [9.17, 15) is 0 Å². The van der Waals surface area contributed by atoms with Crippen LogP contribution in [0.2, 0.25) is 0 Å². The first-order valence-corrected chi connectivity index (χ1v) is 8.30. The minimum atomic E-state index is -0.801. The monoisotopic (exact) mass is 304 g/mol. The lowest BCUT2D eigenvalue weighted by atomic mass is 9.70. The van der Waals surface area contributed by atoms with Gasteiger partial charge in [0.2, 0.25) is 5.79 Å². The van der Waals surface area contributed by atoms with Gasteiger partial charge in [-0.15, -0.1) is 0 Å². The van der Waals surface area contributed by atoms with Gasteiger partial charge in [0.15, 0.2) is 11.9 Å². The van der Waals surface area contributed by atoms with Crippen LogP contribution in [0.15, 0.2) is 30.3 Å². The first-order chi connectivity index (χ1) is 10.7. The number of fused-ring (bicyclic) bond motifs is 3. The van der Waals surface area contributed by atoms with Gasteiger partial charge in [-0.3, -0.25) is 0 Å². The SMILES string of the molecule is CO[C@H]1O[C@@]2(C)OOC13CCCC[C@@H]3CC2c1ccccc1. The van der Waals surface area contributed by atoms with E-state index in [2.05, 4.69) is 24.3 Å². The van der Waals surface area contributed by atoms with Crippen LogP contribution in [0.5, 0.6) is 0 Å². The number of hydrogen-bond donors (Lipinski definition) is 0. The summed E-state index contributed by atoms with van der Waals surface area (Å²) >= 11 is 0. The zero-order chi connectivity index (χ0) is 15.2. The van der Waals surface area contributed by atoms with Crippen molar-refractivity contribution in [2.75, 3.05) is 7.11 Å². The van der Waals surface area contributed by atoms with Gasteiger partial charge in [-0.2, -0.15) is 4.89 Å². The largest absolute Gasteiger partial charge is 0.353 e. The maximum absolute atomic E-state index is 6.30. The molecule has 4 heteroatoms. The van der Waals surface area contributed by atoms with Crippen molar-refractivity contribution in [3.8, 4) is 0 Å². The predicted octanol–water partition coefficient (Wildman–Crippen LogP) is 3.77. The second kappa shape index (κ2) is 5.31. The summed E-state index contributed by atoms with van der Waals surface area (Å²) in [7, 11) is 1.70. The fourth-order valence-electron chi connectivity index (χ4n) is 4.52. The minimum absolute atomic E-state index is 0.152. The lowest BCUT2D eigenvalue weighted by molar-refractivity contribution is -0.550. The summed E-state index contributed by atoms with van der Waals surface area (Å²) in [5.41, 5.74) is 0.794. The fourth-order valence-corrected chi connectivity index (χ4v) is 4.52. The summed E-state index contributed by atoms with van der Waals surface area (Å²) in [5, 5.41) is 0. The average molecular weight is 304 g/mol. The molecule has 0 radical (unpaired) electrons. The van der Waals surface area contributed by atoms with E-state index in [0.29, 0.717) is 5.92 Å². The molecule has 2 bridgehead atoms. The quantitative estimate of drug-likeness (QED) is 0.779. The summed E-state index contributed by atoms with van der Waals surface area (Å²) in [5.74, 6) is -0.246. The van der Waals surface area contributed by atoms with Crippen molar-refractivity contribution in [1.29, 1.82) is 0 Å². The lowest BCUT2D eigenvalue weighted by Gasteiger charge is -2.49. The number of ether oxygens (including phenoxy) is 2. The molecule has 5 rings (SSSR count). The Labute approximate surface area is 131 Å². The lowest BCUT2D eigenvalue weighted by Crippen LogP contribution is -2.59. The molecule has 0 amide bonds. The molecule has 4 nitrogen and oxygen atoms in total. The molecule has 0 aromatic heterocycles. The summed E-state index contributed by atoms with van der Waals surface area (Å²) in [6.07, 6.45) is 5.12. The minimum Gasteiger partial charge on any atom is -0.353 e. The van der Waals surface area contributed by atoms with Crippen molar-refractivity contribution < 1.29 is 19.2 Å². The third-order valence-electron chi connectivity index (χ3n) is 5.73. The number of methoxy groups -OCH3 is 1. The van der Waals surface area contributed by atoms with Gasteiger partial charge in [0, 0.05) is 13.0 Å². The highest BCUT2D eigenvalue weighted by molar-refractivity contribution is 5.23. The Morgan fingerprint density at radius 3 is 2.73 bits per heavy atom. The number of benzene rings is 1. The molecular formula is C18H24O4. The van der Waals surface area contributed by atoms with E-state index in [0.717, 1.165) is 25.7 Å². The van der Waals surface area contributed by atoms with E-state index >= 15 is 0 Å². The van der Waals surface area contributed by atoms with Crippen LogP contribution in [0.1, 0.15) is 50.5 Å². The van der Waals surface area contributed by atoms with Gasteiger partial charge >= 0.3 is 0 Å². The van der Waals surface area contributed by atoms with Crippen molar-refractivity contribution >= 4 is 0 Å². The molecule has 1 aromatic rings. The van der Waals surface area contributed by atoms with Gasteiger partial charge < -0.3 is 9.47 Å². The number of rotatable bonds is 2. The smallest absolute Gasteiger partial charge is 0.208 e. The van der Waals surface area contributed by atoms with Crippen LogP contribution in [0, 0.1) is 5.92 Å². The first-order valence-electron chi connectivity index (χ1n) is 8.30. The van der Waals surface area contributed by atoms with Crippen LogP contribution >= 0.6 is 0 Å². The highest BCUT2D eigenvalue weighted by Gasteiger charge is 2.63. The molecule has 4 aliphatic rings. The molecule has 3 heterocycles. The topological polar surface area (TPSA) is 36.9 Å². The van der Waals surface area contributed by atoms with Crippen LogP contribution in [0.4, 0.5) is 0 Å². The molecule has 1 aliphatic carbocycles. The second-order valence-corrected chi connectivity index (χ2v) is 6.96. The van der Waals surface area contributed by atoms with Gasteiger partial charge in [-0.1, -0.05) is 43.2 Å². The molecule has 120 valence electrons. The summed E-state index contributed by atoms with van der Waals surface area (Å²) in [6, 6.07) is 10.5. The Kier molecular flexibility index (Phi) is 3.53. The Bertz CT molecular complexity index is 533. The first kappa shape index (κ1) is 14.6. The predicted molar refractivity (Wildman–Crippen MR) is 80.9 cm³/mol. The molecule has 22 heavy (non-hydrogen) atoms. The maximum Gasteiger partial charge on any atom is 0.208 e. The van der Waals surface area contributed by atoms with E-state index < -0.39 is 11.4 Å². The van der Waals surface area contributed by atoms with Crippen LogP contribution in [0.25, 0.3) is 0 Å². The van der Waals surface area contributed by atoms with Crippen LogP contribution < -0.4 is 0 Å². The van der Waals surface area contributed by atoms with Crippen molar-refractivity contribution in [3.05, 3.63) is 35.9 Å². The van der Waals surface area contributed by atoms with Gasteiger partial charge in [-0.05, 0) is 37.7 Å². The molecule has 3 saturated heterocycles. The van der Waals surface area contributed by atoms with E-state index in [1.54, 1.807) is 7.11 Å². The normalized spacial score (nSPS) is 44.4. The molecule has 1 saturated carbocycles. The van der Waals surface area contributed by atoms with Crippen molar-refractivity contribution in [2.45, 2.75) is 62.6 Å². The van der Waals surface area contributed by atoms with E-state index in [-0.39, 0.29) is 12.2 Å². The highest BCUT2D eigenvalue weighted by Crippen LogP contribution is 2.56. The Morgan fingerprint density at radius 1 is 1.14 bits per heavy atom. The zero-order valence-corrected chi connectivity index (χ0v) is 13.3. The molecule has 4 fully saturated rings. The van der Waals surface area contributed by atoms with E-state index in [1.807, 2.05) is 13.0 Å². The summed E-state index contributed by atoms with van der Waals surface area (Å²) in [6.45, 7) is 1.97. The second-order valence-electron chi connectivity index (χ2n) is 6.96. The van der Waals surface area contributed by atoms with Crippen LogP contribution in [-0.2, 0) is 19.2 Å². The molecular weight excluding hydrogens is 280 g/mol. The Balaban J connectivity index is 1.77. The van der Waals surface area contributed by atoms with Gasteiger partial charge in [0.05, 0.1) is 0 Å². The molecule has 1 aromatic carbocycles. The van der Waals surface area contributed by atoms with Crippen LogP contribution in [0.3, 0.4) is 0 Å². The Hall–Kier alpha value is -0.940. The fraction of sp³-hybridized carbons (Fsp3) is 0.667. The third kappa shape index (κ3) is 2.05. The average Bonchev–Trinajstić information content (AvgIpc) is 2.76. The van der Waals surface area contributed by atoms with Gasteiger partial charge in [-0.25, -0.2) is 4.89 Å². The zero-order valence-electron chi connectivity index (χ0n) is 13.3. The number of hydrogen-bond acceptors (Lipinski definition) is 4. The molecule has 1 spiro atoms. The summed E-state index contributed by atoms with van der Waals surface area (Å²) < 4.78 is 12.0. The molecule has 0 N–H and O–H groups in total. The standard InChI is InChI=1S/C18H24O4/c1-17-15(13-8-4-3-5-9-13)12-14-10-6-7-11-18(14,22-21-17)16(19-2)20-17/h3-5,8-9,14-16H,6-7,10-12H2,1-2H3/t14-,15?,16+,17+,18?/m1/s1. The third-order valence-corrected chi connectivity index (χ3v) is 5.73. The summed E-state index contributed by atoms with van der Waals surface area (Å²) in [4.78, 5) is 11.8. The maximum atomic E-state index is 6.30. The van der Waals surface area contributed by atoms with E-state index in [4.69, 9.17) is 19.2 Å². The van der Waals surface area contributed by atoms with Crippen molar-refractivity contribution in [2.24, 2.45) is 5.92 Å². The van der Waals surface area contributed by atoms with Crippen molar-refractivity contribution in [1.82, 2.24) is 0 Å². The van der Waals surface area contributed by atoms with Gasteiger partial charge in [0.1, 0.15) is 0 Å². The van der Waals surface area contributed by atoms with E-state index in [1.165, 1.54) is 12.0 Å². The van der Waals surface area contributed by atoms with Gasteiger partial charge in [0.25, 0.3) is 0 Å². The van der Waals surface area contributed by atoms with Crippen LogP contribution in [-0.4, -0.2) is 24.8 Å². The van der Waals surface area contributed by atoms with Crippen molar-refractivity contribution in [3.63, 3.8) is 0 Å². The Morgan fingerprint density at radius 2 is 1.95 bits per heavy atom. The molecule has 2 unspecified atom stereocenters. The molecule has 5 atom stereocenters. The highest BCUT2D eigenvalue weighted by atomic mass is 17.3. The molecule has 3 aliphatic heterocycles.